The maximum absolute atomic E-state index is 5.93. The number of methoxy groups -OCH3 is 2. The molecule has 3 nitrogen and oxygen atoms in total. The van der Waals surface area contributed by atoms with Crippen LogP contribution in [-0.2, 0) is 0 Å². The van der Waals surface area contributed by atoms with E-state index in [1.165, 1.54) is 0 Å². The van der Waals surface area contributed by atoms with Crippen LogP contribution in [0.3, 0.4) is 0 Å². The van der Waals surface area contributed by atoms with Crippen molar-refractivity contribution in [3.05, 3.63) is 23.8 Å². The molecule has 0 unspecified atom stereocenters. The van der Waals surface area contributed by atoms with E-state index in [0.29, 0.717) is 0 Å². The summed E-state index contributed by atoms with van der Waals surface area (Å²) in [4.78, 5) is 0. The van der Waals surface area contributed by atoms with Gasteiger partial charge in [0.15, 0.2) is 0 Å². The summed E-state index contributed by atoms with van der Waals surface area (Å²) in [7, 11) is 3.27. The Hall–Kier alpha value is -0.930. The number of benzene rings is 1. The summed E-state index contributed by atoms with van der Waals surface area (Å²) in [5.74, 6) is 1.56. The van der Waals surface area contributed by atoms with Crippen LogP contribution < -0.4 is 15.2 Å². The van der Waals surface area contributed by atoms with E-state index in [1.54, 1.807) is 14.2 Å². The lowest BCUT2D eigenvalue weighted by molar-refractivity contribution is 0.392. The van der Waals surface area contributed by atoms with Crippen molar-refractivity contribution in [2.45, 2.75) is 19.4 Å². The van der Waals surface area contributed by atoms with Crippen molar-refractivity contribution in [2.75, 3.05) is 14.2 Å². The molecule has 1 aromatic carbocycles. The molecule has 0 radical (unpaired) electrons. The molecule has 0 bridgehead atoms. The summed E-state index contributed by atoms with van der Waals surface area (Å²) in [5.41, 5.74) is 6.98. The van der Waals surface area contributed by atoms with Gasteiger partial charge in [0.25, 0.3) is 0 Å². The first-order valence-electron chi connectivity index (χ1n) is 4.69. The molecule has 2 N–H and O–H groups in total. The van der Waals surface area contributed by atoms with E-state index in [-0.39, 0.29) is 18.4 Å². The van der Waals surface area contributed by atoms with Crippen molar-refractivity contribution < 1.29 is 9.47 Å². The molecule has 0 aliphatic carbocycles. The van der Waals surface area contributed by atoms with Gasteiger partial charge in [0, 0.05) is 12.1 Å². The van der Waals surface area contributed by atoms with Crippen molar-refractivity contribution in [1.29, 1.82) is 0 Å². The zero-order chi connectivity index (χ0) is 10.6. The third kappa shape index (κ3) is 3.61. The van der Waals surface area contributed by atoms with Crippen molar-refractivity contribution in [3.8, 4) is 11.5 Å². The molecule has 0 aliphatic rings. The van der Waals surface area contributed by atoms with Gasteiger partial charge in [-0.3, -0.25) is 0 Å². The smallest absolute Gasteiger partial charge is 0.122 e. The molecule has 4 heteroatoms. The number of nitrogens with two attached hydrogens (primary N) is 1. The highest BCUT2D eigenvalue weighted by atomic mass is 35.5. The van der Waals surface area contributed by atoms with Gasteiger partial charge in [-0.25, -0.2) is 0 Å². The number of ether oxygens (including phenoxy) is 2. The largest absolute Gasteiger partial charge is 0.497 e. The van der Waals surface area contributed by atoms with Gasteiger partial charge in [-0.2, -0.15) is 0 Å². The number of hydrogen-bond donors (Lipinski definition) is 1. The SMILES string of the molecule is CC[C@@H](N)c1cc(OC)cc(OC)c1.Cl. The molecule has 1 aromatic rings. The molecule has 15 heavy (non-hydrogen) atoms. The zero-order valence-electron chi connectivity index (χ0n) is 9.32. The Bertz CT molecular complexity index is 282. The second-order valence-electron chi connectivity index (χ2n) is 3.16. The molecule has 0 aromatic heterocycles. The Morgan fingerprint density at radius 3 is 1.93 bits per heavy atom. The van der Waals surface area contributed by atoms with E-state index in [9.17, 15) is 0 Å². The quantitative estimate of drug-likeness (QED) is 0.866. The first-order chi connectivity index (χ1) is 6.71. The van der Waals surface area contributed by atoms with E-state index in [1.807, 2.05) is 18.2 Å². The first kappa shape index (κ1) is 14.1. The van der Waals surface area contributed by atoms with E-state index < -0.39 is 0 Å². The zero-order valence-corrected chi connectivity index (χ0v) is 10.1. The van der Waals surface area contributed by atoms with Gasteiger partial charge in [0.2, 0.25) is 0 Å². The van der Waals surface area contributed by atoms with Crippen LogP contribution in [0.2, 0.25) is 0 Å². The molecule has 0 spiro atoms. The van der Waals surface area contributed by atoms with E-state index in [4.69, 9.17) is 15.2 Å². The fraction of sp³-hybridized carbons (Fsp3) is 0.455. The van der Waals surface area contributed by atoms with Crippen LogP contribution in [0.15, 0.2) is 18.2 Å². The maximum Gasteiger partial charge on any atom is 0.122 e. The molecule has 0 aliphatic heterocycles. The lowest BCUT2D eigenvalue weighted by atomic mass is 10.0. The first-order valence-corrected chi connectivity index (χ1v) is 4.69. The van der Waals surface area contributed by atoms with Crippen LogP contribution in [0.25, 0.3) is 0 Å². The van der Waals surface area contributed by atoms with Crippen molar-refractivity contribution >= 4 is 12.4 Å². The van der Waals surface area contributed by atoms with Gasteiger partial charge in [0.05, 0.1) is 14.2 Å². The number of rotatable bonds is 4. The van der Waals surface area contributed by atoms with Crippen molar-refractivity contribution in [2.24, 2.45) is 5.73 Å². The molecule has 86 valence electrons. The normalized spacial score (nSPS) is 11.5. The Balaban J connectivity index is 0.00000196. The summed E-state index contributed by atoms with van der Waals surface area (Å²) < 4.78 is 10.3. The summed E-state index contributed by atoms with van der Waals surface area (Å²) in [6, 6.07) is 5.76. The molecule has 0 amide bonds. The predicted octanol–water partition coefficient (Wildman–Crippen LogP) is 2.54. The van der Waals surface area contributed by atoms with Gasteiger partial charge in [-0.1, -0.05) is 6.92 Å². The highest BCUT2D eigenvalue weighted by Crippen LogP contribution is 2.26. The average molecular weight is 232 g/mol. The molecule has 0 fully saturated rings. The van der Waals surface area contributed by atoms with E-state index in [2.05, 4.69) is 6.92 Å². The minimum Gasteiger partial charge on any atom is -0.497 e. The lowest BCUT2D eigenvalue weighted by Crippen LogP contribution is -2.08. The third-order valence-corrected chi connectivity index (χ3v) is 2.24. The molecular weight excluding hydrogens is 214 g/mol. The van der Waals surface area contributed by atoms with Crippen molar-refractivity contribution in [3.63, 3.8) is 0 Å². The highest BCUT2D eigenvalue weighted by molar-refractivity contribution is 5.85. The Morgan fingerprint density at radius 2 is 1.60 bits per heavy atom. The third-order valence-electron chi connectivity index (χ3n) is 2.24. The molecule has 0 saturated carbocycles. The van der Waals surface area contributed by atoms with Gasteiger partial charge < -0.3 is 15.2 Å². The number of halogens is 1. The minimum absolute atomic E-state index is 0. The monoisotopic (exact) mass is 231 g/mol. The molecule has 0 heterocycles. The van der Waals surface area contributed by atoms with Crippen LogP contribution in [-0.4, -0.2) is 14.2 Å². The van der Waals surface area contributed by atoms with Crippen LogP contribution in [0.5, 0.6) is 11.5 Å². The predicted molar refractivity (Wildman–Crippen MR) is 64.0 cm³/mol. The molecule has 1 atom stereocenters. The van der Waals surface area contributed by atoms with Crippen molar-refractivity contribution in [1.82, 2.24) is 0 Å². The van der Waals surface area contributed by atoms with Gasteiger partial charge in [-0.05, 0) is 24.1 Å². The fourth-order valence-corrected chi connectivity index (χ4v) is 1.28. The van der Waals surface area contributed by atoms with E-state index in [0.717, 1.165) is 23.5 Å². The molecule has 1 rings (SSSR count). The van der Waals surface area contributed by atoms with Crippen LogP contribution in [0.1, 0.15) is 24.9 Å². The van der Waals surface area contributed by atoms with Crippen LogP contribution in [0.4, 0.5) is 0 Å². The van der Waals surface area contributed by atoms with E-state index >= 15 is 0 Å². The van der Waals surface area contributed by atoms with Crippen LogP contribution >= 0.6 is 12.4 Å². The second kappa shape index (κ2) is 6.53. The average Bonchev–Trinajstić information content (AvgIpc) is 2.27. The molecular formula is C11H18ClNO2. The number of hydrogen-bond acceptors (Lipinski definition) is 3. The van der Waals surface area contributed by atoms with Gasteiger partial charge >= 0.3 is 0 Å². The molecule has 0 saturated heterocycles. The summed E-state index contributed by atoms with van der Waals surface area (Å²) >= 11 is 0. The Kier molecular flexibility index (Phi) is 6.13. The van der Waals surface area contributed by atoms with Gasteiger partial charge in [-0.15, -0.1) is 12.4 Å². The van der Waals surface area contributed by atoms with Gasteiger partial charge in [0.1, 0.15) is 11.5 Å². The summed E-state index contributed by atoms with van der Waals surface area (Å²) in [6.07, 6.45) is 0.899. The maximum atomic E-state index is 5.93. The minimum atomic E-state index is 0. The van der Waals surface area contributed by atoms with Crippen LogP contribution in [0, 0.1) is 0 Å². The fourth-order valence-electron chi connectivity index (χ4n) is 1.28. The lowest BCUT2D eigenvalue weighted by Gasteiger charge is -2.12. The second-order valence-corrected chi connectivity index (χ2v) is 3.16. The Morgan fingerprint density at radius 1 is 1.13 bits per heavy atom. The summed E-state index contributed by atoms with van der Waals surface area (Å²) in [6.45, 7) is 2.05. The standard InChI is InChI=1S/C11H17NO2.ClH/c1-4-11(12)8-5-9(13-2)7-10(6-8)14-3;/h5-7,11H,4,12H2,1-3H3;1H/t11-;/m1./s1. The highest BCUT2D eigenvalue weighted by Gasteiger charge is 2.07. The topological polar surface area (TPSA) is 44.5 Å². The summed E-state index contributed by atoms with van der Waals surface area (Å²) in [5, 5.41) is 0. The Labute approximate surface area is 97.0 Å².